The lowest BCUT2D eigenvalue weighted by Crippen LogP contribution is -2.46. The highest BCUT2D eigenvalue weighted by atomic mass is 79.9. The average molecular weight is 314 g/mol. The van der Waals surface area contributed by atoms with Crippen LogP contribution in [0.3, 0.4) is 0 Å². The fourth-order valence-electron chi connectivity index (χ4n) is 2.45. The Hall–Kier alpha value is -0.900. The molecule has 0 aliphatic carbocycles. The molecule has 1 aromatic rings. The molecular formula is C14H17BrFNO. The first kappa shape index (κ1) is 13.5. The quantitative estimate of drug-likeness (QED) is 0.771. The first-order valence-corrected chi connectivity index (χ1v) is 7.06. The molecule has 1 aromatic carbocycles. The molecule has 0 radical (unpaired) electrons. The minimum Gasteiger partial charge on any atom is -0.336 e. The van der Waals surface area contributed by atoms with Crippen molar-refractivity contribution in [2.75, 3.05) is 6.54 Å². The monoisotopic (exact) mass is 313 g/mol. The molecular weight excluding hydrogens is 297 g/mol. The zero-order valence-corrected chi connectivity index (χ0v) is 12.2. The molecule has 18 heavy (non-hydrogen) atoms. The standard InChI is InChI=1S/C14H17BrFNO/c1-9-5-4-8-17(10(9)2)14(18)11-6-3-7-12(15)13(11)16/h3,6-7,9-10H,4-5,8H2,1-2H3. The van der Waals surface area contributed by atoms with E-state index in [0.717, 1.165) is 19.4 Å². The van der Waals surface area contributed by atoms with E-state index >= 15 is 0 Å². The molecule has 1 fully saturated rings. The van der Waals surface area contributed by atoms with E-state index in [1.807, 2.05) is 6.92 Å². The topological polar surface area (TPSA) is 20.3 Å². The lowest BCUT2D eigenvalue weighted by atomic mass is 9.91. The highest BCUT2D eigenvalue weighted by Gasteiger charge is 2.30. The molecule has 2 unspecified atom stereocenters. The van der Waals surface area contributed by atoms with Crippen LogP contribution in [0.25, 0.3) is 0 Å². The minimum atomic E-state index is -0.465. The zero-order valence-electron chi connectivity index (χ0n) is 10.6. The van der Waals surface area contributed by atoms with Gasteiger partial charge in [-0.3, -0.25) is 4.79 Å². The van der Waals surface area contributed by atoms with Crippen molar-refractivity contribution in [3.63, 3.8) is 0 Å². The summed E-state index contributed by atoms with van der Waals surface area (Å²) in [4.78, 5) is 14.2. The number of nitrogens with zero attached hydrogens (tertiary/aromatic N) is 1. The molecule has 98 valence electrons. The van der Waals surface area contributed by atoms with Gasteiger partial charge in [-0.25, -0.2) is 4.39 Å². The van der Waals surface area contributed by atoms with E-state index in [-0.39, 0.29) is 17.5 Å². The number of likely N-dealkylation sites (tertiary alicyclic amines) is 1. The number of amides is 1. The molecule has 1 aliphatic heterocycles. The van der Waals surface area contributed by atoms with Gasteiger partial charge in [0.25, 0.3) is 5.91 Å². The summed E-state index contributed by atoms with van der Waals surface area (Å²) in [5.41, 5.74) is 0.158. The van der Waals surface area contributed by atoms with Crippen molar-refractivity contribution in [3.8, 4) is 0 Å². The summed E-state index contributed by atoms with van der Waals surface area (Å²) in [6, 6.07) is 5.02. The first-order valence-electron chi connectivity index (χ1n) is 6.27. The summed E-state index contributed by atoms with van der Waals surface area (Å²) in [6.45, 7) is 4.90. The van der Waals surface area contributed by atoms with Gasteiger partial charge >= 0.3 is 0 Å². The van der Waals surface area contributed by atoms with Crippen molar-refractivity contribution in [2.24, 2.45) is 5.92 Å². The lowest BCUT2D eigenvalue weighted by Gasteiger charge is -2.38. The van der Waals surface area contributed by atoms with Crippen LogP contribution in [0.4, 0.5) is 4.39 Å². The van der Waals surface area contributed by atoms with Crippen molar-refractivity contribution < 1.29 is 9.18 Å². The molecule has 0 bridgehead atoms. The predicted octanol–water partition coefficient (Wildman–Crippen LogP) is 3.85. The predicted molar refractivity (Wildman–Crippen MR) is 73.0 cm³/mol. The fraction of sp³-hybridized carbons (Fsp3) is 0.500. The summed E-state index contributed by atoms with van der Waals surface area (Å²) >= 11 is 3.12. The second-order valence-corrected chi connectivity index (χ2v) is 5.81. The van der Waals surface area contributed by atoms with Crippen LogP contribution in [-0.2, 0) is 0 Å². The van der Waals surface area contributed by atoms with Crippen LogP contribution in [0.15, 0.2) is 22.7 Å². The number of carbonyl (C=O) groups excluding carboxylic acids is 1. The van der Waals surface area contributed by atoms with Crippen LogP contribution >= 0.6 is 15.9 Å². The number of rotatable bonds is 1. The molecule has 0 saturated carbocycles. The Bertz CT molecular complexity index is 463. The van der Waals surface area contributed by atoms with Crippen molar-refractivity contribution >= 4 is 21.8 Å². The molecule has 2 atom stereocenters. The van der Waals surface area contributed by atoms with Crippen LogP contribution < -0.4 is 0 Å². The highest BCUT2D eigenvalue weighted by Crippen LogP contribution is 2.26. The van der Waals surface area contributed by atoms with Crippen LogP contribution in [0, 0.1) is 11.7 Å². The van der Waals surface area contributed by atoms with Crippen molar-refractivity contribution in [3.05, 3.63) is 34.1 Å². The van der Waals surface area contributed by atoms with Crippen LogP contribution in [-0.4, -0.2) is 23.4 Å². The Morgan fingerprint density at radius 1 is 1.44 bits per heavy atom. The van der Waals surface area contributed by atoms with E-state index in [1.165, 1.54) is 0 Å². The summed E-state index contributed by atoms with van der Waals surface area (Å²) in [5, 5.41) is 0. The number of hydrogen-bond donors (Lipinski definition) is 0. The number of hydrogen-bond acceptors (Lipinski definition) is 1. The van der Waals surface area contributed by atoms with E-state index in [0.29, 0.717) is 10.4 Å². The summed E-state index contributed by atoms with van der Waals surface area (Å²) in [5.74, 6) is -0.196. The minimum absolute atomic E-state index is 0.158. The van der Waals surface area contributed by atoms with Gasteiger partial charge < -0.3 is 4.90 Å². The Labute approximate surface area is 115 Å². The van der Waals surface area contributed by atoms with Gasteiger partial charge in [-0.1, -0.05) is 13.0 Å². The van der Waals surface area contributed by atoms with E-state index in [4.69, 9.17) is 0 Å². The van der Waals surface area contributed by atoms with Crippen LogP contribution in [0.5, 0.6) is 0 Å². The van der Waals surface area contributed by atoms with E-state index in [9.17, 15) is 9.18 Å². The van der Waals surface area contributed by atoms with E-state index in [2.05, 4.69) is 22.9 Å². The van der Waals surface area contributed by atoms with Crippen LogP contribution in [0.2, 0.25) is 0 Å². The molecule has 2 nitrogen and oxygen atoms in total. The van der Waals surface area contributed by atoms with Gasteiger partial charge in [-0.05, 0) is 53.7 Å². The van der Waals surface area contributed by atoms with Gasteiger partial charge in [0.15, 0.2) is 0 Å². The Morgan fingerprint density at radius 2 is 2.17 bits per heavy atom. The number of benzene rings is 1. The number of carbonyl (C=O) groups is 1. The molecule has 0 spiro atoms. The maximum absolute atomic E-state index is 13.9. The molecule has 0 aromatic heterocycles. The van der Waals surface area contributed by atoms with Gasteiger partial charge in [-0.2, -0.15) is 0 Å². The Balaban J connectivity index is 2.28. The van der Waals surface area contributed by atoms with Crippen molar-refractivity contribution in [2.45, 2.75) is 32.7 Å². The Kier molecular flexibility index (Phi) is 4.05. The van der Waals surface area contributed by atoms with Gasteiger partial charge in [0.2, 0.25) is 0 Å². The van der Waals surface area contributed by atoms with Gasteiger partial charge in [0.05, 0.1) is 10.0 Å². The smallest absolute Gasteiger partial charge is 0.257 e. The molecule has 2 rings (SSSR count). The van der Waals surface area contributed by atoms with Crippen molar-refractivity contribution in [1.29, 1.82) is 0 Å². The summed E-state index contributed by atoms with van der Waals surface area (Å²) < 4.78 is 14.3. The third-order valence-electron chi connectivity index (χ3n) is 3.82. The number of piperidine rings is 1. The summed E-state index contributed by atoms with van der Waals surface area (Å²) in [7, 11) is 0. The molecule has 1 saturated heterocycles. The maximum atomic E-state index is 13.9. The second-order valence-electron chi connectivity index (χ2n) is 4.96. The van der Waals surface area contributed by atoms with Crippen molar-refractivity contribution in [1.82, 2.24) is 4.90 Å². The van der Waals surface area contributed by atoms with E-state index in [1.54, 1.807) is 23.1 Å². The third kappa shape index (κ3) is 2.44. The third-order valence-corrected chi connectivity index (χ3v) is 4.43. The number of halogens is 2. The fourth-order valence-corrected chi connectivity index (χ4v) is 2.81. The normalized spacial score (nSPS) is 24.1. The second kappa shape index (κ2) is 5.39. The summed E-state index contributed by atoms with van der Waals surface area (Å²) in [6.07, 6.45) is 2.12. The van der Waals surface area contributed by atoms with Gasteiger partial charge in [-0.15, -0.1) is 0 Å². The molecule has 4 heteroatoms. The SMILES string of the molecule is CC1CCCN(C(=O)c2cccc(Br)c2F)C1C. The first-order chi connectivity index (χ1) is 8.52. The zero-order chi connectivity index (χ0) is 13.3. The van der Waals surface area contributed by atoms with Crippen LogP contribution in [0.1, 0.15) is 37.0 Å². The molecule has 0 N–H and O–H groups in total. The average Bonchev–Trinajstić information content (AvgIpc) is 2.35. The maximum Gasteiger partial charge on any atom is 0.257 e. The van der Waals surface area contributed by atoms with E-state index < -0.39 is 5.82 Å². The lowest BCUT2D eigenvalue weighted by molar-refractivity contribution is 0.0546. The van der Waals surface area contributed by atoms with Gasteiger partial charge in [0.1, 0.15) is 5.82 Å². The Morgan fingerprint density at radius 3 is 2.89 bits per heavy atom. The molecule has 1 amide bonds. The molecule has 1 aliphatic rings. The molecule has 1 heterocycles. The highest BCUT2D eigenvalue weighted by molar-refractivity contribution is 9.10. The largest absolute Gasteiger partial charge is 0.336 e. The van der Waals surface area contributed by atoms with Gasteiger partial charge in [0, 0.05) is 12.6 Å².